The summed E-state index contributed by atoms with van der Waals surface area (Å²) in [6.45, 7) is 5.01. The standard InChI is InChI=1S/C12H18N2OS/c1-3-5-9(2)8-14-7-4-6-10(11(13)16)12(14)15/h4,6-7,9H,3,5,8H2,1-2H3,(H2,13,16). The average Bonchev–Trinajstić information content (AvgIpc) is 2.21. The molecule has 0 saturated heterocycles. The molecule has 1 rings (SSSR count). The predicted molar refractivity (Wildman–Crippen MR) is 70.7 cm³/mol. The first-order valence-electron chi connectivity index (χ1n) is 5.55. The molecular formula is C12H18N2OS. The molecule has 0 aromatic carbocycles. The summed E-state index contributed by atoms with van der Waals surface area (Å²) in [4.78, 5) is 12.1. The van der Waals surface area contributed by atoms with E-state index in [0.717, 1.165) is 19.4 Å². The number of hydrogen-bond donors (Lipinski definition) is 1. The van der Waals surface area contributed by atoms with Crippen molar-refractivity contribution in [1.82, 2.24) is 4.57 Å². The van der Waals surface area contributed by atoms with E-state index in [0.29, 0.717) is 11.5 Å². The maximum absolute atomic E-state index is 11.9. The van der Waals surface area contributed by atoms with Gasteiger partial charge in [-0.3, -0.25) is 4.79 Å². The lowest BCUT2D eigenvalue weighted by Crippen LogP contribution is -2.29. The highest BCUT2D eigenvalue weighted by Gasteiger charge is 2.08. The summed E-state index contributed by atoms with van der Waals surface area (Å²) in [6.07, 6.45) is 4.03. The fraction of sp³-hybridized carbons (Fsp3) is 0.500. The maximum atomic E-state index is 11.9. The number of nitrogens with zero attached hydrogens (tertiary/aromatic N) is 1. The molecule has 1 heterocycles. The second-order valence-electron chi connectivity index (χ2n) is 4.14. The van der Waals surface area contributed by atoms with Gasteiger partial charge in [0.05, 0.1) is 5.56 Å². The molecule has 1 atom stereocenters. The Bertz CT molecular complexity index is 425. The highest BCUT2D eigenvalue weighted by Crippen LogP contribution is 2.07. The first-order valence-corrected chi connectivity index (χ1v) is 5.96. The Morgan fingerprint density at radius 2 is 2.31 bits per heavy atom. The van der Waals surface area contributed by atoms with Crippen LogP contribution in [0.3, 0.4) is 0 Å². The summed E-state index contributed by atoms with van der Waals surface area (Å²) >= 11 is 4.84. The second kappa shape index (κ2) is 5.80. The zero-order chi connectivity index (χ0) is 12.1. The molecule has 4 heteroatoms. The Hall–Kier alpha value is -1.16. The van der Waals surface area contributed by atoms with Gasteiger partial charge < -0.3 is 10.3 Å². The summed E-state index contributed by atoms with van der Waals surface area (Å²) in [5.41, 5.74) is 5.84. The van der Waals surface area contributed by atoms with Crippen LogP contribution in [0.1, 0.15) is 32.3 Å². The van der Waals surface area contributed by atoms with Crippen molar-refractivity contribution in [2.75, 3.05) is 0 Å². The van der Waals surface area contributed by atoms with Crippen molar-refractivity contribution in [3.63, 3.8) is 0 Å². The van der Waals surface area contributed by atoms with Crippen LogP contribution < -0.4 is 11.3 Å². The molecule has 0 radical (unpaired) electrons. The summed E-state index contributed by atoms with van der Waals surface area (Å²) in [7, 11) is 0. The van der Waals surface area contributed by atoms with E-state index in [-0.39, 0.29) is 10.5 Å². The summed E-state index contributed by atoms with van der Waals surface area (Å²) < 4.78 is 1.69. The zero-order valence-corrected chi connectivity index (χ0v) is 10.6. The number of rotatable bonds is 5. The smallest absolute Gasteiger partial charge is 0.260 e. The first-order chi connectivity index (χ1) is 7.56. The van der Waals surface area contributed by atoms with E-state index < -0.39 is 0 Å². The fourth-order valence-electron chi connectivity index (χ4n) is 1.79. The molecule has 0 spiro atoms. The average molecular weight is 238 g/mol. The van der Waals surface area contributed by atoms with Crippen LogP contribution in [0.5, 0.6) is 0 Å². The van der Waals surface area contributed by atoms with E-state index in [1.807, 2.05) is 6.07 Å². The lowest BCUT2D eigenvalue weighted by Gasteiger charge is -2.13. The van der Waals surface area contributed by atoms with Gasteiger partial charge in [0, 0.05) is 12.7 Å². The first kappa shape index (κ1) is 12.9. The molecule has 0 aliphatic heterocycles. The third kappa shape index (κ3) is 3.17. The normalized spacial score (nSPS) is 12.4. The molecule has 0 fully saturated rings. The molecule has 16 heavy (non-hydrogen) atoms. The molecule has 3 nitrogen and oxygen atoms in total. The van der Waals surface area contributed by atoms with Gasteiger partial charge in [0.15, 0.2) is 0 Å². The van der Waals surface area contributed by atoms with E-state index in [2.05, 4.69) is 13.8 Å². The largest absolute Gasteiger partial charge is 0.389 e. The minimum atomic E-state index is -0.0852. The Morgan fingerprint density at radius 3 is 2.88 bits per heavy atom. The van der Waals surface area contributed by atoms with Gasteiger partial charge in [-0.1, -0.05) is 32.5 Å². The lowest BCUT2D eigenvalue weighted by atomic mass is 10.1. The second-order valence-corrected chi connectivity index (χ2v) is 4.58. The van der Waals surface area contributed by atoms with Crippen LogP contribution in [0, 0.1) is 5.92 Å². The molecule has 1 aromatic heterocycles. The van der Waals surface area contributed by atoms with Crippen LogP contribution in [0.25, 0.3) is 0 Å². The number of nitrogens with two attached hydrogens (primary N) is 1. The van der Waals surface area contributed by atoms with Gasteiger partial charge in [0.25, 0.3) is 5.56 Å². The summed E-state index contributed by atoms with van der Waals surface area (Å²) in [6, 6.07) is 3.49. The van der Waals surface area contributed by atoms with Crippen molar-refractivity contribution < 1.29 is 0 Å². The van der Waals surface area contributed by atoms with Crippen LogP contribution in [0.2, 0.25) is 0 Å². The van der Waals surface area contributed by atoms with Gasteiger partial charge in [-0.05, 0) is 24.5 Å². The maximum Gasteiger partial charge on any atom is 0.260 e. The SMILES string of the molecule is CCCC(C)Cn1cccc(C(N)=S)c1=O. The quantitative estimate of drug-likeness (QED) is 0.797. The Morgan fingerprint density at radius 1 is 1.62 bits per heavy atom. The molecule has 0 saturated carbocycles. The summed E-state index contributed by atoms with van der Waals surface area (Å²) in [5.74, 6) is 0.490. The van der Waals surface area contributed by atoms with Crippen molar-refractivity contribution in [3.05, 3.63) is 34.2 Å². The molecule has 88 valence electrons. The monoisotopic (exact) mass is 238 g/mol. The van der Waals surface area contributed by atoms with Crippen molar-refractivity contribution in [2.24, 2.45) is 11.7 Å². The molecule has 2 N–H and O–H groups in total. The Balaban J connectivity index is 2.94. The van der Waals surface area contributed by atoms with Gasteiger partial charge in [0.1, 0.15) is 4.99 Å². The van der Waals surface area contributed by atoms with Gasteiger partial charge in [-0.15, -0.1) is 0 Å². The van der Waals surface area contributed by atoms with Crippen molar-refractivity contribution in [1.29, 1.82) is 0 Å². The fourth-order valence-corrected chi connectivity index (χ4v) is 1.94. The molecular weight excluding hydrogens is 220 g/mol. The van der Waals surface area contributed by atoms with E-state index in [4.69, 9.17) is 18.0 Å². The third-order valence-corrected chi connectivity index (χ3v) is 2.80. The van der Waals surface area contributed by atoms with E-state index in [1.54, 1.807) is 16.8 Å². The van der Waals surface area contributed by atoms with Crippen LogP contribution >= 0.6 is 12.2 Å². The van der Waals surface area contributed by atoms with Crippen molar-refractivity contribution in [2.45, 2.75) is 33.2 Å². The van der Waals surface area contributed by atoms with Gasteiger partial charge in [0.2, 0.25) is 0 Å². The number of thiocarbonyl (C=S) groups is 1. The van der Waals surface area contributed by atoms with Gasteiger partial charge in [-0.2, -0.15) is 0 Å². The van der Waals surface area contributed by atoms with E-state index >= 15 is 0 Å². The van der Waals surface area contributed by atoms with E-state index in [9.17, 15) is 4.79 Å². The molecule has 0 aliphatic rings. The van der Waals surface area contributed by atoms with Crippen LogP contribution in [-0.2, 0) is 6.54 Å². The molecule has 1 unspecified atom stereocenters. The van der Waals surface area contributed by atoms with Gasteiger partial charge in [-0.25, -0.2) is 0 Å². The Kier molecular flexibility index (Phi) is 4.68. The topological polar surface area (TPSA) is 48.0 Å². The van der Waals surface area contributed by atoms with Crippen molar-refractivity contribution >= 4 is 17.2 Å². The van der Waals surface area contributed by atoms with Gasteiger partial charge >= 0.3 is 0 Å². The highest BCUT2D eigenvalue weighted by molar-refractivity contribution is 7.80. The molecule has 0 aliphatic carbocycles. The predicted octanol–water partition coefficient (Wildman–Crippen LogP) is 1.92. The number of aromatic nitrogens is 1. The van der Waals surface area contributed by atoms with E-state index in [1.165, 1.54) is 0 Å². The Labute approximate surface area is 101 Å². The van der Waals surface area contributed by atoms with Crippen LogP contribution in [-0.4, -0.2) is 9.56 Å². The number of hydrogen-bond acceptors (Lipinski definition) is 2. The third-order valence-electron chi connectivity index (χ3n) is 2.58. The number of pyridine rings is 1. The molecule has 1 aromatic rings. The molecule has 0 bridgehead atoms. The van der Waals surface area contributed by atoms with Crippen molar-refractivity contribution in [3.8, 4) is 0 Å². The summed E-state index contributed by atoms with van der Waals surface area (Å²) in [5, 5.41) is 0. The minimum absolute atomic E-state index is 0.0852. The van der Waals surface area contributed by atoms with Crippen LogP contribution in [0.4, 0.5) is 0 Å². The van der Waals surface area contributed by atoms with Crippen LogP contribution in [0.15, 0.2) is 23.1 Å². The highest BCUT2D eigenvalue weighted by atomic mass is 32.1. The zero-order valence-electron chi connectivity index (χ0n) is 9.77. The lowest BCUT2D eigenvalue weighted by molar-refractivity contribution is 0.438. The minimum Gasteiger partial charge on any atom is -0.389 e. The molecule has 0 amide bonds.